The fourth-order valence-electron chi connectivity index (χ4n) is 5.50. The summed E-state index contributed by atoms with van der Waals surface area (Å²) >= 11 is 0. The minimum absolute atomic E-state index is 0.0952. The Morgan fingerprint density at radius 1 is 0.692 bits per heavy atom. The van der Waals surface area contributed by atoms with Gasteiger partial charge < -0.3 is 64.2 Å². The smallest absolute Gasteiger partial charge is 0.189 e. The summed E-state index contributed by atoms with van der Waals surface area (Å²) in [5, 5.41) is 71.7. The average Bonchev–Trinajstić information content (AvgIpc) is 3.48. The average molecular weight is 553 g/mol. The van der Waals surface area contributed by atoms with Gasteiger partial charge in [0.05, 0.1) is 44.9 Å². The molecule has 214 valence electrons. The van der Waals surface area contributed by atoms with Gasteiger partial charge in [-0.25, -0.2) is 0 Å². The van der Waals surface area contributed by atoms with Crippen molar-refractivity contribution in [1.29, 1.82) is 0 Å². The molecule has 2 aromatic rings. The highest BCUT2D eigenvalue weighted by Gasteiger charge is 2.60. The summed E-state index contributed by atoms with van der Waals surface area (Å²) in [6, 6.07) is 9.14. The third kappa shape index (κ3) is 4.90. The Bertz CT molecular complexity index is 1110. The van der Waals surface area contributed by atoms with Crippen LogP contribution in [0.5, 0.6) is 23.0 Å². The van der Waals surface area contributed by atoms with Crippen LogP contribution in [0, 0.1) is 11.8 Å². The first-order valence-electron chi connectivity index (χ1n) is 12.4. The van der Waals surface area contributed by atoms with Crippen LogP contribution < -0.4 is 9.47 Å². The van der Waals surface area contributed by atoms with Crippen molar-refractivity contribution < 1.29 is 64.2 Å². The lowest BCUT2D eigenvalue weighted by molar-refractivity contribution is -0.342. The highest BCUT2D eigenvalue weighted by atomic mass is 16.8. The van der Waals surface area contributed by atoms with E-state index in [9.17, 15) is 35.7 Å². The van der Waals surface area contributed by atoms with Gasteiger partial charge in [0.1, 0.15) is 24.4 Å². The van der Waals surface area contributed by atoms with Gasteiger partial charge in [-0.2, -0.15) is 0 Å². The van der Waals surface area contributed by atoms with E-state index in [2.05, 4.69) is 0 Å². The molecule has 5 rings (SSSR count). The van der Waals surface area contributed by atoms with Crippen molar-refractivity contribution in [3.63, 3.8) is 0 Å². The molecule has 0 saturated carbocycles. The molecular weight excluding hydrogens is 520 g/mol. The number of hydrogen-bond donors (Lipinski definition) is 7. The summed E-state index contributed by atoms with van der Waals surface area (Å²) in [5.41, 5.74) is 1.07. The lowest BCUT2D eigenvalue weighted by atomic mass is 9.83. The predicted octanol–water partition coefficient (Wildman–Crippen LogP) is -0.349. The maximum absolute atomic E-state index is 11.1. The van der Waals surface area contributed by atoms with Gasteiger partial charge in [0, 0.05) is 0 Å². The molecule has 0 spiro atoms. The molecule has 13 nitrogen and oxygen atoms in total. The van der Waals surface area contributed by atoms with Crippen LogP contribution in [0.4, 0.5) is 0 Å². The van der Waals surface area contributed by atoms with Gasteiger partial charge in [0.15, 0.2) is 41.9 Å². The number of phenols is 2. The number of aliphatic hydroxyl groups excluding tert-OH is 5. The van der Waals surface area contributed by atoms with Gasteiger partial charge in [0.25, 0.3) is 0 Å². The molecule has 3 saturated heterocycles. The molecule has 13 heteroatoms. The Morgan fingerprint density at radius 2 is 1.26 bits per heavy atom. The summed E-state index contributed by atoms with van der Waals surface area (Å²) in [6.07, 6.45) is -11.8. The first-order chi connectivity index (χ1) is 18.7. The van der Waals surface area contributed by atoms with E-state index < -0.39 is 73.9 Å². The van der Waals surface area contributed by atoms with E-state index in [0.29, 0.717) is 11.1 Å². The summed E-state index contributed by atoms with van der Waals surface area (Å²) in [6.45, 7) is -0.643. The number of fused-ring (bicyclic) bond motifs is 1. The van der Waals surface area contributed by atoms with E-state index in [0.717, 1.165) is 0 Å². The lowest BCUT2D eigenvalue weighted by Crippen LogP contribution is -2.60. The van der Waals surface area contributed by atoms with Crippen molar-refractivity contribution in [2.24, 2.45) is 11.8 Å². The lowest BCUT2D eigenvalue weighted by Gasteiger charge is -2.41. The highest BCUT2D eigenvalue weighted by Crippen LogP contribution is 2.57. The highest BCUT2D eigenvalue weighted by molar-refractivity contribution is 5.44. The molecule has 3 fully saturated rings. The molecular formula is C26H32O13. The summed E-state index contributed by atoms with van der Waals surface area (Å²) in [7, 11) is 2.79. The van der Waals surface area contributed by atoms with Gasteiger partial charge >= 0.3 is 0 Å². The predicted molar refractivity (Wildman–Crippen MR) is 129 cm³/mol. The van der Waals surface area contributed by atoms with Crippen molar-refractivity contribution >= 4 is 0 Å². The monoisotopic (exact) mass is 552 g/mol. The third-order valence-corrected chi connectivity index (χ3v) is 7.54. The van der Waals surface area contributed by atoms with Gasteiger partial charge in [-0.05, 0) is 35.4 Å². The van der Waals surface area contributed by atoms with Crippen LogP contribution in [-0.2, 0) is 18.9 Å². The number of aliphatic hydroxyl groups is 5. The van der Waals surface area contributed by atoms with Crippen LogP contribution in [0.25, 0.3) is 0 Å². The SMILES string of the molecule is COc1cc(C2OC(O[C@H]3O[C@H](CO)[C@@H](O)[C@H](O)[C@H]3O)C3C(c4ccc(O)c(OC)c4)OC(O)C23)ccc1O. The van der Waals surface area contributed by atoms with E-state index in [1.54, 1.807) is 24.3 Å². The molecule has 0 aliphatic carbocycles. The van der Waals surface area contributed by atoms with Crippen molar-refractivity contribution in [1.82, 2.24) is 0 Å². The zero-order valence-corrected chi connectivity index (χ0v) is 21.1. The van der Waals surface area contributed by atoms with Gasteiger partial charge in [0.2, 0.25) is 0 Å². The van der Waals surface area contributed by atoms with Crippen LogP contribution in [-0.4, -0.2) is 99.9 Å². The summed E-state index contributed by atoms with van der Waals surface area (Å²) in [4.78, 5) is 0. The topological polar surface area (TPSA) is 197 Å². The molecule has 0 aromatic heterocycles. The van der Waals surface area contributed by atoms with Crippen LogP contribution in [0.3, 0.4) is 0 Å². The first kappa shape index (κ1) is 27.8. The molecule has 11 atom stereocenters. The maximum atomic E-state index is 11.1. The molecule has 3 aliphatic rings. The van der Waals surface area contributed by atoms with E-state index in [4.69, 9.17) is 28.4 Å². The second-order valence-electron chi connectivity index (χ2n) is 9.72. The van der Waals surface area contributed by atoms with Gasteiger partial charge in [-0.1, -0.05) is 12.1 Å². The molecule has 3 heterocycles. The number of phenolic OH excluding ortho intramolecular Hbond substituents is 2. The fraction of sp³-hybridized carbons (Fsp3) is 0.538. The molecule has 0 bridgehead atoms. The van der Waals surface area contributed by atoms with Crippen LogP contribution >= 0.6 is 0 Å². The standard InChI is InChI=1S/C26H32O13/c1-34-14-7-10(3-5-12(14)28)22-17-18(23(37-24(17)33)11-4-6-13(29)15(8-11)35-2)25(38-22)39-26-21(32)20(31)19(30)16(9-27)36-26/h3-8,16-33H,9H2,1-2H3/t16-,17?,18?,19-,20+,21-,22?,23?,24?,25?,26-/m1/s1. The molecule has 3 aliphatic heterocycles. The Morgan fingerprint density at radius 3 is 1.79 bits per heavy atom. The molecule has 7 N–H and O–H groups in total. The minimum atomic E-state index is -1.68. The van der Waals surface area contributed by atoms with Crippen molar-refractivity contribution in [2.75, 3.05) is 20.8 Å². The summed E-state index contributed by atoms with van der Waals surface area (Å²) in [5.74, 6) is -1.27. The second kappa shape index (κ2) is 11.0. The van der Waals surface area contributed by atoms with Crippen LogP contribution in [0.1, 0.15) is 23.3 Å². The number of ether oxygens (including phenoxy) is 6. The Hall–Kier alpha value is -2.72. The molecule has 6 unspecified atom stereocenters. The quantitative estimate of drug-likeness (QED) is 0.236. The van der Waals surface area contributed by atoms with E-state index >= 15 is 0 Å². The molecule has 0 amide bonds. The minimum Gasteiger partial charge on any atom is -0.504 e. The van der Waals surface area contributed by atoms with Crippen LogP contribution in [0.2, 0.25) is 0 Å². The first-order valence-corrected chi connectivity index (χ1v) is 12.4. The Balaban J connectivity index is 1.51. The van der Waals surface area contributed by atoms with Crippen molar-refractivity contribution in [3.8, 4) is 23.0 Å². The third-order valence-electron chi connectivity index (χ3n) is 7.54. The molecule has 2 aromatic carbocycles. The van der Waals surface area contributed by atoms with Crippen molar-refractivity contribution in [2.45, 2.75) is 55.5 Å². The number of benzene rings is 2. The molecule has 39 heavy (non-hydrogen) atoms. The number of aromatic hydroxyl groups is 2. The zero-order valence-electron chi connectivity index (χ0n) is 21.1. The van der Waals surface area contributed by atoms with Gasteiger partial charge in [-0.3, -0.25) is 0 Å². The largest absolute Gasteiger partial charge is 0.504 e. The number of rotatable bonds is 7. The number of methoxy groups -OCH3 is 2. The number of hydrogen-bond acceptors (Lipinski definition) is 13. The van der Waals surface area contributed by atoms with E-state index in [1.807, 2.05) is 0 Å². The Labute approximate surface area is 223 Å². The van der Waals surface area contributed by atoms with Crippen molar-refractivity contribution in [3.05, 3.63) is 47.5 Å². The van der Waals surface area contributed by atoms with E-state index in [1.165, 1.54) is 26.4 Å². The van der Waals surface area contributed by atoms with E-state index in [-0.39, 0.29) is 23.0 Å². The van der Waals surface area contributed by atoms with Crippen LogP contribution in [0.15, 0.2) is 36.4 Å². The molecule has 0 radical (unpaired) electrons. The summed E-state index contributed by atoms with van der Waals surface area (Å²) < 4.78 is 34.2. The van der Waals surface area contributed by atoms with Gasteiger partial charge in [-0.15, -0.1) is 0 Å². The second-order valence-corrected chi connectivity index (χ2v) is 9.72. The normalized spacial score (nSPS) is 38.0. The Kier molecular flexibility index (Phi) is 7.88. The maximum Gasteiger partial charge on any atom is 0.189 e. The fourth-order valence-corrected chi connectivity index (χ4v) is 5.50. The zero-order chi connectivity index (χ0) is 28.0.